The highest BCUT2D eigenvalue weighted by Crippen LogP contribution is 2.27. The Morgan fingerprint density at radius 1 is 0.879 bits per heavy atom. The third-order valence-electron chi connectivity index (χ3n) is 6.50. The summed E-state index contributed by atoms with van der Waals surface area (Å²) in [5, 5.41) is 3.68. The summed E-state index contributed by atoms with van der Waals surface area (Å²) in [6.45, 7) is 12.8. The molecule has 0 aromatic heterocycles. The van der Waals surface area contributed by atoms with Gasteiger partial charge in [-0.15, -0.1) is 0 Å². The fraction of sp³-hybridized carbons (Fsp3) is 0.571. The van der Waals surface area contributed by atoms with Gasteiger partial charge in [0.2, 0.25) is 0 Å². The minimum atomic E-state index is -3.38. The molecule has 4 nitrogen and oxygen atoms in total. The Balaban J connectivity index is 2.13. The molecule has 0 radical (unpaired) electrons. The first-order valence-electron chi connectivity index (χ1n) is 12.8. The molecule has 0 saturated carbocycles. The van der Waals surface area contributed by atoms with Gasteiger partial charge in [0.15, 0.2) is 9.84 Å². The van der Waals surface area contributed by atoms with Gasteiger partial charge in [0, 0.05) is 6.04 Å². The van der Waals surface area contributed by atoms with Crippen LogP contribution in [-0.4, -0.2) is 45.2 Å². The molecule has 33 heavy (non-hydrogen) atoms. The average molecular weight is 473 g/mol. The van der Waals surface area contributed by atoms with Crippen molar-refractivity contribution in [1.29, 1.82) is 0 Å². The minimum Gasteiger partial charge on any atom is -0.310 e. The number of unbranched alkanes of at least 4 members (excludes halogenated alkanes) is 1. The summed E-state index contributed by atoms with van der Waals surface area (Å²) in [5.41, 5.74) is 3.28. The maximum absolute atomic E-state index is 13.4. The first-order valence-corrected chi connectivity index (χ1v) is 14.5. The van der Waals surface area contributed by atoms with Gasteiger partial charge in [0.1, 0.15) is 0 Å². The maximum Gasteiger partial charge on any atom is 0.179 e. The van der Waals surface area contributed by atoms with Gasteiger partial charge in [-0.2, -0.15) is 0 Å². The number of benzene rings is 2. The second kappa shape index (κ2) is 14.5. The summed E-state index contributed by atoms with van der Waals surface area (Å²) in [7, 11) is -3.38. The minimum absolute atomic E-state index is 0.0662. The predicted octanol–water partition coefficient (Wildman–Crippen LogP) is 5.82. The Kier molecular flexibility index (Phi) is 12.1. The molecule has 0 spiro atoms. The molecule has 1 atom stereocenters. The van der Waals surface area contributed by atoms with Gasteiger partial charge < -0.3 is 10.2 Å². The van der Waals surface area contributed by atoms with Gasteiger partial charge in [0.05, 0.1) is 10.6 Å². The van der Waals surface area contributed by atoms with Gasteiger partial charge in [-0.05, 0) is 74.6 Å². The largest absolute Gasteiger partial charge is 0.310 e. The van der Waals surface area contributed by atoms with Crippen LogP contribution in [0.1, 0.15) is 76.1 Å². The summed E-state index contributed by atoms with van der Waals surface area (Å²) in [5.74, 6) is 0.137. The van der Waals surface area contributed by atoms with Gasteiger partial charge in [-0.3, -0.25) is 0 Å². The van der Waals surface area contributed by atoms with Crippen molar-refractivity contribution < 1.29 is 8.42 Å². The standard InChI is InChI=1S/C28H44N2O2S/c1-5-9-14-27(29-21-12-22-30(7-3)8-4)26-13-10-11-15-28(26)33(31,32)23-20-25-18-16-24(6-2)17-19-25/h10-11,13,15-19,27,29H,5-9,12,14,20-23H2,1-4H3. The normalized spacial score (nSPS) is 12.9. The number of nitrogens with zero attached hydrogens (tertiary/aromatic N) is 1. The van der Waals surface area contributed by atoms with E-state index in [4.69, 9.17) is 0 Å². The Bertz CT molecular complexity index is 906. The van der Waals surface area contributed by atoms with Crippen LogP contribution in [0.25, 0.3) is 0 Å². The van der Waals surface area contributed by atoms with Crippen LogP contribution in [0.5, 0.6) is 0 Å². The number of aryl methyl sites for hydroxylation is 2. The molecule has 0 bridgehead atoms. The van der Waals surface area contributed by atoms with E-state index in [1.807, 2.05) is 18.2 Å². The Hall–Kier alpha value is -1.69. The lowest BCUT2D eigenvalue weighted by atomic mass is 10.0. The quantitative estimate of drug-likeness (QED) is 0.313. The molecule has 0 heterocycles. The molecular weight excluding hydrogens is 428 g/mol. The summed E-state index contributed by atoms with van der Waals surface area (Å²) < 4.78 is 26.8. The predicted molar refractivity (Wildman–Crippen MR) is 141 cm³/mol. The van der Waals surface area contributed by atoms with Crippen LogP contribution in [0.2, 0.25) is 0 Å². The molecule has 2 rings (SSSR count). The highest BCUT2D eigenvalue weighted by molar-refractivity contribution is 7.91. The third kappa shape index (κ3) is 8.88. The van der Waals surface area contributed by atoms with E-state index in [-0.39, 0.29) is 11.8 Å². The fourth-order valence-corrected chi connectivity index (χ4v) is 5.83. The van der Waals surface area contributed by atoms with Crippen LogP contribution >= 0.6 is 0 Å². The van der Waals surface area contributed by atoms with Crippen LogP contribution in [-0.2, 0) is 22.7 Å². The highest BCUT2D eigenvalue weighted by atomic mass is 32.2. The van der Waals surface area contributed by atoms with Crippen molar-refractivity contribution in [2.45, 2.75) is 77.2 Å². The lowest BCUT2D eigenvalue weighted by Gasteiger charge is -2.23. The Morgan fingerprint density at radius 3 is 2.18 bits per heavy atom. The zero-order chi connectivity index (χ0) is 24.1. The smallest absolute Gasteiger partial charge is 0.179 e. The van der Waals surface area contributed by atoms with Crippen molar-refractivity contribution in [3.63, 3.8) is 0 Å². The van der Waals surface area contributed by atoms with Gasteiger partial charge in [0.25, 0.3) is 0 Å². The second-order valence-corrected chi connectivity index (χ2v) is 10.9. The average Bonchev–Trinajstić information content (AvgIpc) is 2.85. The zero-order valence-corrected chi connectivity index (χ0v) is 22.0. The van der Waals surface area contributed by atoms with Crippen LogP contribution in [0.4, 0.5) is 0 Å². The van der Waals surface area contributed by atoms with E-state index in [2.05, 4.69) is 62.2 Å². The second-order valence-electron chi connectivity index (χ2n) is 8.81. The molecule has 2 aromatic rings. The molecule has 1 unspecified atom stereocenters. The van der Waals surface area contributed by atoms with Gasteiger partial charge >= 0.3 is 0 Å². The number of hydrogen-bond acceptors (Lipinski definition) is 4. The lowest BCUT2D eigenvalue weighted by Crippen LogP contribution is -2.29. The summed E-state index contributed by atoms with van der Waals surface area (Å²) in [6, 6.07) is 16.0. The van der Waals surface area contributed by atoms with Crippen molar-refractivity contribution in [1.82, 2.24) is 10.2 Å². The molecule has 0 saturated heterocycles. The number of rotatable bonds is 16. The molecule has 0 fully saturated rings. The Morgan fingerprint density at radius 2 is 1.55 bits per heavy atom. The molecule has 184 valence electrons. The SMILES string of the molecule is CCCCC(NCCCN(CC)CC)c1ccccc1S(=O)(=O)CCc1ccc(CC)cc1. The van der Waals surface area contributed by atoms with Crippen molar-refractivity contribution in [2.24, 2.45) is 0 Å². The van der Waals surface area contributed by atoms with E-state index in [1.54, 1.807) is 6.07 Å². The van der Waals surface area contributed by atoms with Crippen molar-refractivity contribution in [3.05, 3.63) is 65.2 Å². The topological polar surface area (TPSA) is 49.4 Å². The van der Waals surface area contributed by atoms with Crippen LogP contribution < -0.4 is 5.32 Å². The number of nitrogens with one attached hydrogen (secondary N) is 1. The van der Waals surface area contributed by atoms with Gasteiger partial charge in [-0.25, -0.2) is 8.42 Å². The number of sulfone groups is 1. The van der Waals surface area contributed by atoms with E-state index in [0.717, 1.165) is 69.4 Å². The van der Waals surface area contributed by atoms with E-state index in [9.17, 15) is 8.42 Å². The molecule has 2 aromatic carbocycles. The first kappa shape index (κ1) is 27.6. The third-order valence-corrected chi connectivity index (χ3v) is 8.29. The van der Waals surface area contributed by atoms with Crippen molar-refractivity contribution >= 4 is 9.84 Å². The molecule has 5 heteroatoms. The van der Waals surface area contributed by atoms with E-state index >= 15 is 0 Å². The summed E-state index contributed by atoms with van der Waals surface area (Å²) in [4.78, 5) is 2.92. The molecule has 0 aliphatic carbocycles. The monoisotopic (exact) mass is 472 g/mol. The van der Waals surface area contributed by atoms with E-state index in [1.165, 1.54) is 5.56 Å². The summed E-state index contributed by atoms with van der Waals surface area (Å²) >= 11 is 0. The Labute approximate surface area is 202 Å². The molecule has 0 aliphatic heterocycles. The first-order chi connectivity index (χ1) is 15.9. The highest BCUT2D eigenvalue weighted by Gasteiger charge is 2.23. The number of hydrogen-bond donors (Lipinski definition) is 1. The molecule has 0 amide bonds. The maximum atomic E-state index is 13.4. The van der Waals surface area contributed by atoms with E-state index < -0.39 is 9.84 Å². The van der Waals surface area contributed by atoms with Gasteiger partial charge in [-0.1, -0.05) is 83.0 Å². The van der Waals surface area contributed by atoms with Crippen LogP contribution in [0.15, 0.2) is 53.4 Å². The van der Waals surface area contributed by atoms with Crippen molar-refractivity contribution in [2.75, 3.05) is 31.9 Å². The molecule has 0 aliphatic rings. The molecule has 1 N–H and O–H groups in total. The summed E-state index contributed by atoms with van der Waals surface area (Å²) in [6.07, 6.45) is 5.72. The van der Waals surface area contributed by atoms with E-state index in [0.29, 0.717) is 11.3 Å². The van der Waals surface area contributed by atoms with Crippen molar-refractivity contribution in [3.8, 4) is 0 Å². The van der Waals surface area contributed by atoms with Crippen LogP contribution in [0, 0.1) is 0 Å². The molecular formula is C28H44N2O2S. The fourth-order valence-electron chi connectivity index (χ4n) is 4.25. The lowest BCUT2D eigenvalue weighted by molar-refractivity contribution is 0.294. The zero-order valence-electron chi connectivity index (χ0n) is 21.1. The van der Waals surface area contributed by atoms with Crippen LogP contribution in [0.3, 0.4) is 0 Å².